The van der Waals surface area contributed by atoms with E-state index < -0.39 is 18.9 Å². The normalized spacial score (nSPS) is 32.0. The first-order chi connectivity index (χ1) is 5.47. The molecule has 0 aliphatic carbocycles. The molecule has 0 amide bonds. The van der Waals surface area contributed by atoms with E-state index in [4.69, 9.17) is 9.47 Å². The van der Waals surface area contributed by atoms with Crippen LogP contribution in [0.15, 0.2) is 0 Å². The molecule has 1 rings (SSSR count). The maximum atomic E-state index is 11.8. The molecule has 2 unspecified atom stereocenters. The zero-order valence-corrected chi connectivity index (χ0v) is 6.73. The van der Waals surface area contributed by atoms with Crippen LogP contribution in [-0.4, -0.2) is 25.2 Å². The standard InChI is InChI=1S/C7H11F3O2/c1-5-2-3-11-6(12-5)4-7(8,9)10/h5-6H,2-4H2,1H3. The molecule has 72 valence electrons. The van der Waals surface area contributed by atoms with Crippen LogP contribution < -0.4 is 0 Å². The molecule has 1 saturated heterocycles. The fourth-order valence-corrected chi connectivity index (χ4v) is 1.03. The summed E-state index contributed by atoms with van der Waals surface area (Å²) < 4.78 is 45.1. The molecular weight excluding hydrogens is 173 g/mol. The summed E-state index contributed by atoms with van der Waals surface area (Å²) in [6.45, 7) is 2.09. The predicted molar refractivity (Wildman–Crippen MR) is 35.6 cm³/mol. The highest BCUT2D eigenvalue weighted by Gasteiger charge is 2.35. The van der Waals surface area contributed by atoms with Gasteiger partial charge in [0.05, 0.1) is 19.1 Å². The van der Waals surface area contributed by atoms with Gasteiger partial charge in [-0.25, -0.2) is 0 Å². The molecule has 0 aromatic carbocycles. The van der Waals surface area contributed by atoms with Gasteiger partial charge in [-0.2, -0.15) is 13.2 Å². The van der Waals surface area contributed by atoms with Gasteiger partial charge in [0.1, 0.15) is 0 Å². The van der Waals surface area contributed by atoms with Crippen LogP contribution in [0.3, 0.4) is 0 Å². The van der Waals surface area contributed by atoms with Crippen LogP contribution in [0.1, 0.15) is 19.8 Å². The minimum atomic E-state index is -4.21. The van der Waals surface area contributed by atoms with E-state index in [1.165, 1.54) is 0 Å². The zero-order chi connectivity index (χ0) is 9.19. The Morgan fingerprint density at radius 2 is 2.08 bits per heavy atom. The maximum absolute atomic E-state index is 11.8. The van der Waals surface area contributed by atoms with Crippen molar-refractivity contribution >= 4 is 0 Å². The SMILES string of the molecule is CC1CCOC(CC(F)(F)F)O1. The topological polar surface area (TPSA) is 18.5 Å². The van der Waals surface area contributed by atoms with Gasteiger partial charge in [-0.3, -0.25) is 0 Å². The summed E-state index contributed by atoms with van der Waals surface area (Å²) in [7, 11) is 0. The molecule has 1 heterocycles. The number of hydrogen-bond donors (Lipinski definition) is 0. The summed E-state index contributed by atoms with van der Waals surface area (Å²) in [6, 6.07) is 0. The molecule has 0 saturated carbocycles. The average Bonchev–Trinajstić information content (AvgIpc) is 1.82. The molecule has 0 aromatic heterocycles. The molecule has 12 heavy (non-hydrogen) atoms. The third kappa shape index (κ3) is 3.40. The Morgan fingerprint density at radius 1 is 1.42 bits per heavy atom. The Bertz CT molecular complexity index is 146. The van der Waals surface area contributed by atoms with E-state index in [0.717, 1.165) is 0 Å². The van der Waals surface area contributed by atoms with E-state index in [1.807, 2.05) is 0 Å². The molecule has 0 aromatic rings. The highest BCUT2D eigenvalue weighted by molar-refractivity contribution is 4.62. The Morgan fingerprint density at radius 3 is 2.58 bits per heavy atom. The van der Waals surface area contributed by atoms with Gasteiger partial charge in [-0.1, -0.05) is 0 Å². The molecular formula is C7H11F3O2. The third-order valence-corrected chi connectivity index (χ3v) is 1.61. The van der Waals surface area contributed by atoms with Crippen molar-refractivity contribution in [2.75, 3.05) is 6.61 Å². The van der Waals surface area contributed by atoms with Crippen LogP contribution in [0.5, 0.6) is 0 Å². The monoisotopic (exact) mass is 184 g/mol. The average molecular weight is 184 g/mol. The lowest BCUT2D eigenvalue weighted by Gasteiger charge is -2.28. The molecule has 2 nitrogen and oxygen atoms in total. The van der Waals surface area contributed by atoms with E-state index in [1.54, 1.807) is 6.92 Å². The second kappa shape index (κ2) is 3.62. The highest BCUT2D eigenvalue weighted by Crippen LogP contribution is 2.26. The van der Waals surface area contributed by atoms with Gasteiger partial charge in [0.15, 0.2) is 6.29 Å². The summed E-state index contributed by atoms with van der Waals surface area (Å²) in [6.07, 6.45) is -5.80. The van der Waals surface area contributed by atoms with E-state index in [9.17, 15) is 13.2 Å². The second-order valence-electron chi connectivity index (χ2n) is 2.86. The quantitative estimate of drug-likeness (QED) is 0.621. The van der Waals surface area contributed by atoms with Gasteiger partial charge in [-0.05, 0) is 13.3 Å². The lowest BCUT2D eigenvalue weighted by atomic mass is 10.2. The fraction of sp³-hybridized carbons (Fsp3) is 1.00. The smallest absolute Gasteiger partial charge is 0.352 e. The lowest BCUT2D eigenvalue weighted by molar-refractivity contribution is -0.256. The fourth-order valence-electron chi connectivity index (χ4n) is 1.03. The molecule has 0 radical (unpaired) electrons. The van der Waals surface area contributed by atoms with E-state index >= 15 is 0 Å². The maximum Gasteiger partial charge on any atom is 0.393 e. The minimum absolute atomic E-state index is 0.133. The van der Waals surface area contributed by atoms with Gasteiger partial charge in [0.25, 0.3) is 0 Å². The van der Waals surface area contributed by atoms with Crippen LogP contribution in [-0.2, 0) is 9.47 Å². The summed E-state index contributed by atoms with van der Waals surface area (Å²) in [5.74, 6) is 0. The van der Waals surface area contributed by atoms with Gasteiger partial charge in [0, 0.05) is 0 Å². The first-order valence-corrected chi connectivity index (χ1v) is 3.81. The number of rotatable bonds is 1. The van der Waals surface area contributed by atoms with Crippen LogP contribution in [0.25, 0.3) is 0 Å². The van der Waals surface area contributed by atoms with E-state index in [2.05, 4.69) is 0 Å². The van der Waals surface area contributed by atoms with Crippen molar-refractivity contribution in [2.45, 2.75) is 38.3 Å². The molecule has 5 heteroatoms. The van der Waals surface area contributed by atoms with Gasteiger partial charge < -0.3 is 9.47 Å². The predicted octanol–water partition coefficient (Wildman–Crippen LogP) is 2.09. The van der Waals surface area contributed by atoms with Crippen LogP contribution in [0, 0.1) is 0 Å². The number of hydrogen-bond acceptors (Lipinski definition) is 2. The first-order valence-electron chi connectivity index (χ1n) is 3.81. The molecule has 1 aliphatic rings. The lowest BCUT2D eigenvalue weighted by Crippen LogP contribution is -2.34. The Labute approximate surface area is 68.6 Å². The summed E-state index contributed by atoms with van der Waals surface area (Å²) >= 11 is 0. The third-order valence-electron chi connectivity index (χ3n) is 1.61. The van der Waals surface area contributed by atoms with Crippen molar-refractivity contribution in [3.8, 4) is 0 Å². The molecule has 0 N–H and O–H groups in total. The molecule has 1 aliphatic heterocycles. The molecule has 0 bridgehead atoms. The molecule has 1 fully saturated rings. The van der Waals surface area contributed by atoms with Crippen LogP contribution >= 0.6 is 0 Å². The zero-order valence-electron chi connectivity index (χ0n) is 6.73. The van der Waals surface area contributed by atoms with Gasteiger partial charge >= 0.3 is 6.18 Å². The number of halogens is 3. The van der Waals surface area contributed by atoms with Gasteiger partial charge in [0.2, 0.25) is 0 Å². The first kappa shape index (κ1) is 9.80. The Kier molecular flexibility index (Phi) is 2.95. The van der Waals surface area contributed by atoms with Crippen molar-refractivity contribution in [2.24, 2.45) is 0 Å². The molecule has 2 atom stereocenters. The largest absolute Gasteiger partial charge is 0.393 e. The van der Waals surface area contributed by atoms with Crippen molar-refractivity contribution in [3.05, 3.63) is 0 Å². The Hall–Kier alpha value is -0.290. The second-order valence-corrected chi connectivity index (χ2v) is 2.86. The number of alkyl halides is 3. The van der Waals surface area contributed by atoms with E-state index in [-0.39, 0.29) is 6.10 Å². The summed E-state index contributed by atoms with van der Waals surface area (Å²) in [5.41, 5.74) is 0. The van der Waals surface area contributed by atoms with Crippen LogP contribution in [0.4, 0.5) is 13.2 Å². The van der Waals surface area contributed by atoms with Gasteiger partial charge in [-0.15, -0.1) is 0 Å². The molecule has 0 spiro atoms. The van der Waals surface area contributed by atoms with Crippen molar-refractivity contribution < 1.29 is 22.6 Å². The number of ether oxygens (including phenoxy) is 2. The highest BCUT2D eigenvalue weighted by atomic mass is 19.4. The minimum Gasteiger partial charge on any atom is -0.352 e. The summed E-state index contributed by atoms with van der Waals surface area (Å²) in [4.78, 5) is 0. The Balaban J connectivity index is 2.32. The van der Waals surface area contributed by atoms with Crippen molar-refractivity contribution in [1.82, 2.24) is 0 Å². The van der Waals surface area contributed by atoms with Crippen LogP contribution in [0.2, 0.25) is 0 Å². The van der Waals surface area contributed by atoms with Crippen molar-refractivity contribution in [3.63, 3.8) is 0 Å². The van der Waals surface area contributed by atoms with Crippen molar-refractivity contribution in [1.29, 1.82) is 0 Å². The van der Waals surface area contributed by atoms with E-state index in [0.29, 0.717) is 13.0 Å². The summed E-state index contributed by atoms with van der Waals surface area (Å²) in [5, 5.41) is 0.